The molecule has 0 spiro atoms. The van der Waals surface area contributed by atoms with Crippen molar-refractivity contribution in [1.82, 2.24) is 15.3 Å². The quantitative estimate of drug-likeness (QED) is 0.752. The van der Waals surface area contributed by atoms with Gasteiger partial charge >= 0.3 is 0 Å². The maximum atomic E-state index is 12.3. The van der Waals surface area contributed by atoms with Gasteiger partial charge < -0.3 is 19.8 Å². The lowest BCUT2D eigenvalue weighted by Gasteiger charge is -2.20. The van der Waals surface area contributed by atoms with Crippen LogP contribution in [0.1, 0.15) is 16.2 Å². The number of fused-ring (bicyclic) bond motifs is 2. The zero-order valence-corrected chi connectivity index (χ0v) is 14.1. The molecule has 1 aliphatic rings. The Morgan fingerprint density at radius 3 is 2.96 bits per heavy atom. The minimum absolute atomic E-state index is 0.213. The second-order valence-corrected chi connectivity index (χ2v) is 6.10. The van der Waals surface area contributed by atoms with E-state index in [0.29, 0.717) is 48.3 Å². The summed E-state index contributed by atoms with van der Waals surface area (Å²) in [6.07, 6.45) is 0.610. The molecule has 128 valence electrons. The SMILES string of the molecule is O=C(NCCc1nc2ccccc2[nH]1)c1cc(Cl)c2c(c1)OCCO2. The molecule has 0 saturated carbocycles. The van der Waals surface area contributed by atoms with Gasteiger partial charge in [-0.15, -0.1) is 0 Å². The number of nitrogens with one attached hydrogen (secondary N) is 2. The van der Waals surface area contributed by atoms with Gasteiger partial charge in [0.05, 0.1) is 16.1 Å². The Morgan fingerprint density at radius 1 is 1.24 bits per heavy atom. The summed E-state index contributed by atoms with van der Waals surface area (Å²) in [5.41, 5.74) is 2.35. The van der Waals surface area contributed by atoms with E-state index in [1.165, 1.54) is 0 Å². The summed E-state index contributed by atoms with van der Waals surface area (Å²) in [4.78, 5) is 20.1. The van der Waals surface area contributed by atoms with Gasteiger partial charge in [0.25, 0.3) is 5.91 Å². The molecule has 25 heavy (non-hydrogen) atoms. The van der Waals surface area contributed by atoms with Crippen LogP contribution in [-0.2, 0) is 6.42 Å². The molecule has 2 heterocycles. The summed E-state index contributed by atoms with van der Waals surface area (Å²) in [5.74, 6) is 1.62. The summed E-state index contributed by atoms with van der Waals surface area (Å²) in [6.45, 7) is 1.36. The molecular weight excluding hydrogens is 342 g/mol. The van der Waals surface area contributed by atoms with E-state index in [4.69, 9.17) is 21.1 Å². The molecule has 1 aliphatic heterocycles. The van der Waals surface area contributed by atoms with Crippen LogP contribution in [0, 0.1) is 0 Å². The number of para-hydroxylation sites is 2. The molecule has 1 amide bonds. The number of carbonyl (C=O) groups is 1. The normalized spacial score (nSPS) is 13.0. The average molecular weight is 358 g/mol. The third-order valence-corrected chi connectivity index (χ3v) is 4.23. The van der Waals surface area contributed by atoms with Crippen molar-refractivity contribution in [2.24, 2.45) is 0 Å². The topological polar surface area (TPSA) is 76.2 Å². The first kappa shape index (κ1) is 15.8. The molecule has 0 radical (unpaired) electrons. The number of benzene rings is 2. The van der Waals surface area contributed by atoms with Crippen LogP contribution in [0.4, 0.5) is 0 Å². The fourth-order valence-electron chi connectivity index (χ4n) is 2.76. The highest BCUT2D eigenvalue weighted by atomic mass is 35.5. The first-order valence-corrected chi connectivity index (χ1v) is 8.39. The molecule has 4 rings (SSSR count). The van der Waals surface area contributed by atoms with Crippen molar-refractivity contribution < 1.29 is 14.3 Å². The number of halogens is 1. The van der Waals surface area contributed by atoms with E-state index >= 15 is 0 Å². The van der Waals surface area contributed by atoms with Crippen molar-refractivity contribution in [3.05, 3.63) is 52.8 Å². The van der Waals surface area contributed by atoms with E-state index in [0.717, 1.165) is 16.9 Å². The summed E-state index contributed by atoms with van der Waals surface area (Å²) < 4.78 is 11.0. The number of carbonyl (C=O) groups excluding carboxylic acids is 1. The van der Waals surface area contributed by atoms with Gasteiger partial charge in [0, 0.05) is 18.5 Å². The van der Waals surface area contributed by atoms with Gasteiger partial charge in [-0.3, -0.25) is 4.79 Å². The Labute approximate surface area is 149 Å². The molecule has 0 saturated heterocycles. The van der Waals surface area contributed by atoms with E-state index in [1.54, 1.807) is 12.1 Å². The molecule has 0 aliphatic carbocycles. The highest BCUT2D eigenvalue weighted by Gasteiger charge is 2.19. The molecule has 6 nitrogen and oxygen atoms in total. The summed E-state index contributed by atoms with van der Waals surface area (Å²) in [5, 5.41) is 3.25. The van der Waals surface area contributed by atoms with E-state index < -0.39 is 0 Å². The number of H-pyrrole nitrogens is 1. The predicted molar refractivity (Wildman–Crippen MR) is 94.6 cm³/mol. The lowest BCUT2D eigenvalue weighted by molar-refractivity contribution is 0.0952. The largest absolute Gasteiger partial charge is 0.486 e. The predicted octanol–water partition coefficient (Wildman–Crippen LogP) is 2.96. The first-order chi connectivity index (χ1) is 12.2. The maximum absolute atomic E-state index is 12.3. The number of nitrogens with zero attached hydrogens (tertiary/aromatic N) is 1. The molecule has 2 N–H and O–H groups in total. The Hall–Kier alpha value is -2.73. The van der Waals surface area contributed by atoms with E-state index in [1.807, 2.05) is 24.3 Å². The molecule has 3 aromatic rings. The Balaban J connectivity index is 1.41. The van der Waals surface area contributed by atoms with Crippen LogP contribution >= 0.6 is 11.6 Å². The molecule has 0 unspecified atom stereocenters. The standard InChI is InChI=1S/C18H16ClN3O3/c19-12-9-11(10-15-17(12)25-8-7-24-15)18(23)20-6-5-16-21-13-3-1-2-4-14(13)22-16/h1-4,9-10H,5-8H2,(H,20,23)(H,21,22). The molecule has 0 bridgehead atoms. The lowest BCUT2D eigenvalue weighted by Crippen LogP contribution is -2.26. The van der Waals surface area contributed by atoms with Crippen LogP contribution in [0.15, 0.2) is 36.4 Å². The van der Waals surface area contributed by atoms with Gasteiger partial charge in [-0.05, 0) is 24.3 Å². The van der Waals surface area contributed by atoms with Gasteiger partial charge in [0.1, 0.15) is 19.0 Å². The van der Waals surface area contributed by atoms with E-state index in [-0.39, 0.29) is 5.91 Å². The number of amides is 1. The first-order valence-electron chi connectivity index (χ1n) is 8.02. The van der Waals surface area contributed by atoms with Gasteiger partial charge in [-0.1, -0.05) is 23.7 Å². The van der Waals surface area contributed by atoms with Crippen molar-refractivity contribution in [2.75, 3.05) is 19.8 Å². The summed E-state index contributed by atoms with van der Waals surface area (Å²) >= 11 is 6.17. The zero-order valence-electron chi connectivity index (χ0n) is 13.3. The summed E-state index contributed by atoms with van der Waals surface area (Å²) in [7, 11) is 0. The fourth-order valence-corrected chi connectivity index (χ4v) is 3.03. The Morgan fingerprint density at radius 2 is 2.08 bits per heavy atom. The van der Waals surface area contributed by atoms with Crippen molar-refractivity contribution >= 4 is 28.5 Å². The Bertz CT molecular complexity index is 905. The lowest BCUT2D eigenvalue weighted by atomic mass is 10.1. The smallest absolute Gasteiger partial charge is 0.251 e. The number of rotatable bonds is 4. The van der Waals surface area contributed by atoms with Crippen LogP contribution in [-0.4, -0.2) is 35.6 Å². The number of hydrogen-bond acceptors (Lipinski definition) is 4. The Kier molecular flexibility index (Phi) is 4.19. The molecular formula is C18H16ClN3O3. The van der Waals surface area contributed by atoms with Crippen molar-refractivity contribution in [1.29, 1.82) is 0 Å². The van der Waals surface area contributed by atoms with Crippen LogP contribution in [0.2, 0.25) is 5.02 Å². The van der Waals surface area contributed by atoms with Crippen molar-refractivity contribution in [3.8, 4) is 11.5 Å². The highest BCUT2D eigenvalue weighted by Crippen LogP contribution is 2.38. The third kappa shape index (κ3) is 3.25. The summed E-state index contributed by atoms with van der Waals surface area (Å²) in [6, 6.07) is 11.1. The molecule has 1 aromatic heterocycles. The monoisotopic (exact) mass is 357 g/mol. The number of aromatic amines is 1. The molecule has 2 aromatic carbocycles. The van der Waals surface area contributed by atoms with Crippen molar-refractivity contribution in [2.45, 2.75) is 6.42 Å². The minimum atomic E-state index is -0.213. The number of hydrogen-bond donors (Lipinski definition) is 2. The van der Waals surface area contributed by atoms with Crippen LogP contribution < -0.4 is 14.8 Å². The fraction of sp³-hybridized carbons (Fsp3) is 0.222. The zero-order chi connectivity index (χ0) is 17.2. The molecule has 0 fully saturated rings. The van der Waals surface area contributed by atoms with E-state index in [2.05, 4.69) is 15.3 Å². The van der Waals surface area contributed by atoms with E-state index in [9.17, 15) is 4.79 Å². The highest BCUT2D eigenvalue weighted by molar-refractivity contribution is 6.32. The maximum Gasteiger partial charge on any atom is 0.251 e. The second kappa shape index (κ2) is 6.64. The average Bonchev–Trinajstić information content (AvgIpc) is 3.04. The van der Waals surface area contributed by atoms with Gasteiger partial charge in [0.15, 0.2) is 11.5 Å². The van der Waals surface area contributed by atoms with Gasteiger partial charge in [-0.25, -0.2) is 4.98 Å². The second-order valence-electron chi connectivity index (χ2n) is 5.69. The van der Waals surface area contributed by atoms with Gasteiger partial charge in [-0.2, -0.15) is 0 Å². The van der Waals surface area contributed by atoms with Crippen LogP contribution in [0.3, 0.4) is 0 Å². The minimum Gasteiger partial charge on any atom is -0.486 e. The van der Waals surface area contributed by atoms with Crippen LogP contribution in [0.5, 0.6) is 11.5 Å². The van der Waals surface area contributed by atoms with Crippen LogP contribution in [0.25, 0.3) is 11.0 Å². The molecule has 7 heteroatoms. The van der Waals surface area contributed by atoms with Crippen molar-refractivity contribution in [3.63, 3.8) is 0 Å². The number of ether oxygens (including phenoxy) is 2. The number of imidazole rings is 1. The third-order valence-electron chi connectivity index (χ3n) is 3.94. The van der Waals surface area contributed by atoms with Gasteiger partial charge in [0.2, 0.25) is 0 Å². The molecule has 0 atom stereocenters. The number of aromatic nitrogens is 2.